The van der Waals surface area contributed by atoms with Crippen LogP contribution in [0, 0.1) is 5.41 Å². The minimum Gasteiger partial charge on any atom is -0.374 e. The molecule has 0 aromatic rings. The highest BCUT2D eigenvalue weighted by atomic mass is 15.1. The first kappa shape index (κ1) is 8.61. The van der Waals surface area contributed by atoms with Gasteiger partial charge >= 0.3 is 0 Å². The first-order valence-corrected chi connectivity index (χ1v) is 4.91. The quantitative estimate of drug-likeness (QED) is 0.547. The van der Waals surface area contributed by atoms with Gasteiger partial charge in [0.2, 0.25) is 0 Å². The average Bonchev–Trinajstić information content (AvgIpc) is 2.32. The fourth-order valence-electron chi connectivity index (χ4n) is 1.85. The molecule has 1 heteroatoms. The highest BCUT2D eigenvalue weighted by Crippen LogP contribution is 2.31. The van der Waals surface area contributed by atoms with Crippen LogP contribution < -0.4 is 0 Å². The largest absolute Gasteiger partial charge is 0.374 e. The van der Waals surface area contributed by atoms with Crippen LogP contribution in [0.2, 0.25) is 0 Å². The fourth-order valence-corrected chi connectivity index (χ4v) is 1.85. The van der Waals surface area contributed by atoms with Gasteiger partial charge in [0.25, 0.3) is 0 Å². The molecule has 0 spiro atoms. The van der Waals surface area contributed by atoms with Crippen molar-refractivity contribution in [3.63, 3.8) is 0 Å². The van der Waals surface area contributed by atoms with Gasteiger partial charge in [-0.05, 0) is 18.1 Å². The van der Waals surface area contributed by atoms with E-state index in [1.165, 1.54) is 24.2 Å². The van der Waals surface area contributed by atoms with E-state index in [4.69, 9.17) is 0 Å². The van der Waals surface area contributed by atoms with E-state index in [1.807, 2.05) is 0 Å². The molecule has 1 heterocycles. The Balaban J connectivity index is 2.36. The molecule has 2 aliphatic rings. The minimum atomic E-state index is 0.213. The van der Waals surface area contributed by atoms with Gasteiger partial charge in [-0.15, -0.1) is 0 Å². The molecule has 1 nitrogen and oxygen atoms in total. The molecular formula is C12H17N. The molecule has 0 unspecified atom stereocenters. The maximum absolute atomic E-state index is 2.33. The summed E-state index contributed by atoms with van der Waals surface area (Å²) < 4.78 is 0. The maximum Gasteiger partial charge on any atom is 0.0393 e. The van der Waals surface area contributed by atoms with Crippen molar-refractivity contribution in [1.29, 1.82) is 0 Å². The number of nitrogens with zero attached hydrogens (tertiary/aromatic N) is 1. The van der Waals surface area contributed by atoms with Crippen molar-refractivity contribution >= 4 is 0 Å². The molecule has 0 aromatic heterocycles. The van der Waals surface area contributed by atoms with Crippen LogP contribution in [0.5, 0.6) is 0 Å². The van der Waals surface area contributed by atoms with Crippen molar-refractivity contribution in [3.05, 3.63) is 35.6 Å². The second-order valence-corrected chi connectivity index (χ2v) is 4.57. The summed E-state index contributed by atoms with van der Waals surface area (Å²) in [5, 5.41) is 0. The zero-order valence-corrected chi connectivity index (χ0v) is 8.67. The lowest BCUT2D eigenvalue weighted by molar-refractivity contribution is 0.470. The van der Waals surface area contributed by atoms with Gasteiger partial charge in [0, 0.05) is 24.7 Å². The van der Waals surface area contributed by atoms with Gasteiger partial charge < -0.3 is 4.90 Å². The Hall–Kier alpha value is -0.980. The molecule has 70 valence electrons. The summed E-state index contributed by atoms with van der Waals surface area (Å²) in [5.41, 5.74) is 3.11. The van der Waals surface area contributed by atoms with E-state index >= 15 is 0 Å². The summed E-state index contributed by atoms with van der Waals surface area (Å²) in [7, 11) is 2.17. The van der Waals surface area contributed by atoms with Crippen molar-refractivity contribution in [3.8, 4) is 0 Å². The SMILES string of the molecule is CN1CCC2=C1C=CC(C)(C)C=C2. The van der Waals surface area contributed by atoms with Crippen LogP contribution in [0.3, 0.4) is 0 Å². The average molecular weight is 175 g/mol. The van der Waals surface area contributed by atoms with Gasteiger partial charge in [0.15, 0.2) is 0 Å². The molecule has 0 amide bonds. The molecule has 13 heavy (non-hydrogen) atoms. The summed E-state index contributed by atoms with van der Waals surface area (Å²) in [6.45, 7) is 5.64. The molecule has 0 fully saturated rings. The molecule has 0 saturated heterocycles. The predicted octanol–water partition coefficient (Wildman–Crippen LogP) is 2.73. The van der Waals surface area contributed by atoms with Crippen LogP contribution in [0.25, 0.3) is 0 Å². The fraction of sp³-hybridized carbons (Fsp3) is 0.500. The van der Waals surface area contributed by atoms with Gasteiger partial charge in [-0.1, -0.05) is 32.1 Å². The summed E-state index contributed by atoms with van der Waals surface area (Å²) in [4.78, 5) is 2.33. The lowest BCUT2D eigenvalue weighted by Gasteiger charge is -2.15. The Morgan fingerprint density at radius 2 is 1.92 bits per heavy atom. The molecule has 0 saturated carbocycles. The van der Waals surface area contributed by atoms with Gasteiger partial charge in [0.05, 0.1) is 0 Å². The first-order chi connectivity index (χ1) is 6.08. The first-order valence-electron chi connectivity index (χ1n) is 4.91. The predicted molar refractivity (Wildman–Crippen MR) is 56.3 cm³/mol. The summed E-state index contributed by atoms with van der Waals surface area (Å²) >= 11 is 0. The van der Waals surface area contributed by atoms with E-state index in [-0.39, 0.29) is 5.41 Å². The number of allylic oxidation sites excluding steroid dienone is 4. The second-order valence-electron chi connectivity index (χ2n) is 4.57. The molecule has 1 aliphatic carbocycles. The molecule has 0 atom stereocenters. The molecule has 2 rings (SSSR count). The Morgan fingerprint density at radius 1 is 1.23 bits per heavy atom. The number of hydrogen-bond acceptors (Lipinski definition) is 1. The Bertz CT molecular complexity index is 305. The molecule has 0 N–H and O–H groups in total. The Kier molecular flexibility index (Phi) is 1.83. The summed E-state index contributed by atoms with van der Waals surface area (Å²) in [5.74, 6) is 0. The van der Waals surface area contributed by atoms with Crippen LogP contribution in [-0.2, 0) is 0 Å². The minimum absolute atomic E-state index is 0.213. The van der Waals surface area contributed by atoms with Crippen molar-refractivity contribution in [2.24, 2.45) is 5.41 Å². The highest BCUT2D eigenvalue weighted by Gasteiger charge is 2.19. The zero-order chi connectivity index (χ0) is 9.47. The standard InChI is InChI=1S/C12H17N/c1-12(2)7-4-10-6-9-13(3)11(10)5-8-12/h4-5,7-8H,6,9H2,1-3H3. The molecular weight excluding hydrogens is 158 g/mol. The topological polar surface area (TPSA) is 3.24 Å². The monoisotopic (exact) mass is 175 g/mol. The Morgan fingerprint density at radius 3 is 2.69 bits per heavy atom. The van der Waals surface area contributed by atoms with Crippen LogP contribution in [-0.4, -0.2) is 18.5 Å². The van der Waals surface area contributed by atoms with E-state index in [1.54, 1.807) is 0 Å². The van der Waals surface area contributed by atoms with Crippen molar-refractivity contribution in [2.75, 3.05) is 13.6 Å². The van der Waals surface area contributed by atoms with E-state index in [9.17, 15) is 0 Å². The zero-order valence-electron chi connectivity index (χ0n) is 8.67. The second kappa shape index (κ2) is 2.76. The van der Waals surface area contributed by atoms with Crippen LogP contribution in [0.4, 0.5) is 0 Å². The van der Waals surface area contributed by atoms with E-state index in [0.29, 0.717) is 0 Å². The highest BCUT2D eigenvalue weighted by molar-refractivity contribution is 5.40. The van der Waals surface area contributed by atoms with E-state index < -0.39 is 0 Å². The molecule has 1 aliphatic heterocycles. The summed E-state index contributed by atoms with van der Waals surface area (Å²) in [6, 6.07) is 0. The third-order valence-electron chi connectivity index (χ3n) is 2.84. The van der Waals surface area contributed by atoms with Crippen LogP contribution in [0.1, 0.15) is 20.3 Å². The van der Waals surface area contributed by atoms with Crippen LogP contribution in [0.15, 0.2) is 35.6 Å². The third kappa shape index (κ3) is 1.55. The van der Waals surface area contributed by atoms with Crippen molar-refractivity contribution in [1.82, 2.24) is 4.90 Å². The van der Waals surface area contributed by atoms with Crippen molar-refractivity contribution < 1.29 is 0 Å². The van der Waals surface area contributed by atoms with E-state index in [2.05, 4.69) is 50.1 Å². The molecule has 0 aromatic carbocycles. The summed E-state index contributed by atoms with van der Waals surface area (Å²) in [6.07, 6.45) is 10.3. The third-order valence-corrected chi connectivity index (χ3v) is 2.84. The van der Waals surface area contributed by atoms with Gasteiger partial charge in [-0.25, -0.2) is 0 Å². The van der Waals surface area contributed by atoms with Crippen molar-refractivity contribution in [2.45, 2.75) is 20.3 Å². The Labute approximate surface area is 80.4 Å². The molecule has 0 bridgehead atoms. The number of likely N-dealkylation sites (N-methyl/N-ethyl adjacent to an activating group) is 1. The number of hydrogen-bond donors (Lipinski definition) is 0. The van der Waals surface area contributed by atoms with E-state index in [0.717, 1.165) is 0 Å². The number of rotatable bonds is 0. The maximum atomic E-state index is 2.33. The van der Waals surface area contributed by atoms with Gasteiger partial charge in [-0.3, -0.25) is 0 Å². The molecule has 0 radical (unpaired) electrons. The lowest BCUT2D eigenvalue weighted by Crippen LogP contribution is -2.12. The smallest absolute Gasteiger partial charge is 0.0393 e. The van der Waals surface area contributed by atoms with Gasteiger partial charge in [0.1, 0.15) is 0 Å². The van der Waals surface area contributed by atoms with Gasteiger partial charge in [-0.2, -0.15) is 0 Å². The lowest BCUT2D eigenvalue weighted by atomic mass is 9.93. The van der Waals surface area contributed by atoms with Crippen LogP contribution >= 0.6 is 0 Å². The normalized spacial score (nSPS) is 25.0.